The standard InChI is InChI=1S/C11H12O2S/c1-4-10(3)13-14(12)11-7-5-9(2)6-8-11/h1,5-8,10H,2-3H3/t10-,14?/m1/s1. The Morgan fingerprint density at radius 1 is 1.43 bits per heavy atom. The van der Waals surface area contributed by atoms with E-state index in [4.69, 9.17) is 10.6 Å². The first-order valence-electron chi connectivity index (χ1n) is 4.25. The summed E-state index contributed by atoms with van der Waals surface area (Å²) in [5, 5.41) is 0. The molecule has 14 heavy (non-hydrogen) atoms. The topological polar surface area (TPSA) is 26.3 Å². The lowest BCUT2D eigenvalue weighted by Gasteiger charge is -2.05. The Kier molecular flexibility index (Phi) is 3.87. The smallest absolute Gasteiger partial charge is 0.190 e. The minimum absolute atomic E-state index is 0.433. The highest BCUT2D eigenvalue weighted by molar-refractivity contribution is 7.80. The molecule has 0 amide bonds. The molecular formula is C11H12O2S. The van der Waals surface area contributed by atoms with E-state index in [1.165, 1.54) is 0 Å². The zero-order valence-corrected chi connectivity index (χ0v) is 9.01. The van der Waals surface area contributed by atoms with E-state index in [9.17, 15) is 4.21 Å². The second kappa shape index (κ2) is 4.94. The van der Waals surface area contributed by atoms with E-state index in [2.05, 4.69) is 5.92 Å². The lowest BCUT2D eigenvalue weighted by Crippen LogP contribution is -2.07. The molecule has 74 valence electrons. The van der Waals surface area contributed by atoms with Gasteiger partial charge < -0.3 is 0 Å². The largest absolute Gasteiger partial charge is 0.271 e. The Hall–Kier alpha value is -1.11. The Morgan fingerprint density at radius 3 is 2.50 bits per heavy atom. The zero-order valence-electron chi connectivity index (χ0n) is 8.19. The molecule has 0 bridgehead atoms. The van der Waals surface area contributed by atoms with Crippen molar-refractivity contribution in [2.45, 2.75) is 24.8 Å². The van der Waals surface area contributed by atoms with Gasteiger partial charge >= 0.3 is 0 Å². The Balaban J connectivity index is 2.71. The first kappa shape index (κ1) is 11.0. The molecule has 0 fully saturated rings. The summed E-state index contributed by atoms with van der Waals surface area (Å²) in [5.74, 6) is 2.36. The van der Waals surface area contributed by atoms with Gasteiger partial charge in [-0.15, -0.1) is 6.42 Å². The molecule has 0 radical (unpaired) electrons. The summed E-state index contributed by atoms with van der Waals surface area (Å²) >= 11 is -1.46. The fraction of sp³-hybridized carbons (Fsp3) is 0.273. The van der Waals surface area contributed by atoms with Gasteiger partial charge in [0, 0.05) is 0 Å². The van der Waals surface area contributed by atoms with E-state index in [0.29, 0.717) is 4.90 Å². The summed E-state index contributed by atoms with van der Waals surface area (Å²) in [4.78, 5) is 0.637. The summed E-state index contributed by atoms with van der Waals surface area (Å²) in [6, 6.07) is 7.32. The maximum Gasteiger partial charge on any atom is 0.190 e. The van der Waals surface area contributed by atoms with Gasteiger partial charge in [-0.05, 0) is 26.0 Å². The molecule has 3 heteroatoms. The molecule has 2 atom stereocenters. The molecule has 0 aliphatic rings. The highest BCUT2D eigenvalue weighted by atomic mass is 32.2. The SMILES string of the molecule is C#C[C@@H](C)OS(=O)c1ccc(C)cc1. The third-order valence-electron chi connectivity index (χ3n) is 1.68. The van der Waals surface area contributed by atoms with Gasteiger partial charge in [0.1, 0.15) is 6.10 Å². The molecule has 0 aliphatic heterocycles. The number of hydrogen-bond acceptors (Lipinski definition) is 2. The number of rotatable bonds is 3. The molecule has 1 aromatic carbocycles. The second-order valence-corrected chi connectivity index (χ2v) is 4.09. The van der Waals surface area contributed by atoms with Crippen molar-refractivity contribution in [3.8, 4) is 12.3 Å². The molecule has 1 aromatic rings. The van der Waals surface area contributed by atoms with E-state index in [1.54, 1.807) is 19.1 Å². The molecule has 0 N–H and O–H groups in total. The van der Waals surface area contributed by atoms with Crippen molar-refractivity contribution >= 4 is 11.1 Å². The van der Waals surface area contributed by atoms with Crippen molar-refractivity contribution in [3.05, 3.63) is 29.8 Å². The van der Waals surface area contributed by atoms with Crippen LogP contribution in [0.2, 0.25) is 0 Å². The van der Waals surface area contributed by atoms with Crippen LogP contribution in [0.3, 0.4) is 0 Å². The third-order valence-corrected chi connectivity index (χ3v) is 2.80. The van der Waals surface area contributed by atoms with E-state index < -0.39 is 17.2 Å². The van der Waals surface area contributed by atoms with Crippen LogP contribution in [0.1, 0.15) is 12.5 Å². The monoisotopic (exact) mass is 208 g/mol. The van der Waals surface area contributed by atoms with Crippen LogP contribution in [0.25, 0.3) is 0 Å². The van der Waals surface area contributed by atoms with E-state index in [0.717, 1.165) is 5.56 Å². The number of terminal acetylenes is 1. The van der Waals surface area contributed by atoms with Crippen LogP contribution >= 0.6 is 0 Å². The predicted molar refractivity (Wildman–Crippen MR) is 57.0 cm³/mol. The molecule has 1 unspecified atom stereocenters. The fourth-order valence-corrected chi connectivity index (χ4v) is 1.65. The van der Waals surface area contributed by atoms with Gasteiger partial charge in [-0.1, -0.05) is 23.6 Å². The number of aryl methyl sites for hydroxylation is 1. The van der Waals surface area contributed by atoms with Crippen molar-refractivity contribution in [3.63, 3.8) is 0 Å². The van der Waals surface area contributed by atoms with Gasteiger partial charge in [-0.25, -0.2) is 4.21 Å². The minimum Gasteiger partial charge on any atom is -0.271 e. The molecule has 0 saturated heterocycles. The third kappa shape index (κ3) is 2.99. The highest BCUT2D eigenvalue weighted by Gasteiger charge is 2.07. The lowest BCUT2D eigenvalue weighted by atomic mass is 10.2. The summed E-state index contributed by atoms with van der Waals surface area (Å²) in [6.07, 6.45) is 4.68. The Bertz CT molecular complexity index is 362. The van der Waals surface area contributed by atoms with Crippen LogP contribution in [-0.2, 0) is 15.3 Å². The van der Waals surface area contributed by atoms with E-state index >= 15 is 0 Å². The van der Waals surface area contributed by atoms with Gasteiger partial charge in [0.15, 0.2) is 11.1 Å². The van der Waals surface area contributed by atoms with Crippen LogP contribution in [0, 0.1) is 19.3 Å². The maximum absolute atomic E-state index is 11.5. The van der Waals surface area contributed by atoms with Gasteiger partial charge in [-0.3, -0.25) is 4.18 Å². The predicted octanol–water partition coefficient (Wildman–Crippen LogP) is 2.06. The zero-order chi connectivity index (χ0) is 10.6. The van der Waals surface area contributed by atoms with Crippen LogP contribution in [0.4, 0.5) is 0 Å². The van der Waals surface area contributed by atoms with E-state index in [1.807, 2.05) is 19.1 Å². The van der Waals surface area contributed by atoms with Crippen molar-refractivity contribution in [1.29, 1.82) is 0 Å². The lowest BCUT2D eigenvalue weighted by molar-refractivity contribution is 0.308. The molecule has 0 aromatic heterocycles. The van der Waals surface area contributed by atoms with Crippen LogP contribution < -0.4 is 0 Å². The van der Waals surface area contributed by atoms with Crippen LogP contribution in [0.5, 0.6) is 0 Å². The summed E-state index contributed by atoms with van der Waals surface area (Å²) in [5.41, 5.74) is 1.12. The van der Waals surface area contributed by atoms with Crippen LogP contribution in [-0.4, -0.2) is 10.3 Å². The van der Waals surface area contributed by atoms with Crippen molar-refractivity contribution < 1.29 is 8.39 Å². The number of hydrogen-bond donors (Lipinski definition) is 0. The molecule has 0 saturated carbocycles. The van der Waals surface area contributed by atoms with E-state index in [-0.39, 0.29) is 0 Å². The normalized spacial score (nSPS) is 14.4. The van der Waals surface area contributed by atoms with Crippen molar-refractivity contribution in [2.24, 2.45) is 0 Å². The van der Waals surface area contributed by atoms with Crippen molar-refractivity contribution in [2.75, 3.05) is 0 Å². The average Bonchev–Trinajstić information content (AvgIpc) is 2.18. The molecule has 0 aliphatic carbocycles. The molecule has 0 heterocycles. The molecule has 0 spiro atoms. The van der Waals surface area contributed by atoms with Gasteiger partial charge in [0.25, 0.3) is 0 Å². The summed E-state index contributed by atoms with van der Waals surface area (Å²) < 4.78 is 16.6. The molecule has 1 rings (SSSR count). The highest BCUT2D eigenvalue weighted by Crippen LogP contribution is 2.10. The number of benzene rings is 1. The fourth-order valence-electron chi connectivity index (χ4n) is 0.864. The van der Waals surface area contributed by atoms with Gasteiger partial charge in [0.05, 0.1) is 4.90 Å². The van der Waals surface area contributed by atoms with Gasteiger partial charge in [-0.2, -0.15) is 0 Å². The maximum atomic E-state index is 11.5. The van der Waals surface area contributed by atoms with Crippen molar-refractivity contribution in [1.82, 2.24) is 0 Å². The Labute approximate surface area is 87.0 Å². The average molecular weight is 208 g/mol. The first-order valence-corrected chi connectivity index (χ1v) is 5.32. The van der Waals surface area contributed by atoms with Gasteiger partial charge in [0.2, 0.25) is 0 Å². The quantitative estimate of drug-likeness (QED) is 0.711. The summed E-state index contributed by atoms with van der Waals surface area (Å²) in [7, 11) is 0. The first-order chi connectivity index (χ1) is 6.63. The minimum atomic E-state index is -1.46. The second-order valence-electron chi connectivity index (χ2n) is 2.95. The molecule has 2 nitrogen and oxygen atoms in total. The summed E-state index contributed by atoms with van der Waals surface area (Å²) in [6.45, 7) is 3.66. The Morgan fingerprint density at radius 2 is 2.00 bits per heavy atom. The molecular weight excluding hydrogens is 196 g/mol. The van der Waals surface area contributed by atoms with Crippen LogP contribution in [0.15, 0.2) is 29.2 Å².